The van der Waals surface area contributed by atoms with Crippen LogP contribution in [0.25, 0.3) is 0 Å². The molecule has 2 saturated heterocycles. The first-order chi connectivity index (χ1) is 12.3. The van der Waals surface area contributed by atoms with Crippen LogP contribution in [0.4, 0.5) is 0 Å². The third kappa shape index (κ3) is 4.96. The second-order valence-electron chi connectivity index (χ2n) is 6.75. The summed E-state index contributed by atoms with van der Waals surface area (Å²) in [7, 11) is -3.00. The summed E-state index contributed by atoms with van der Waals surface area (Å²) in [4.78, 5) is 28.3. The van der Waals surface area contributed by atoms with Crippen LogP contribution in [-0.2, 0) is 14.6 Å². The van der Waals surface area contributed by atoms with Gasteiger partial charge in [-0.2, -0.15) is 0 Å². The summed E-state index contributed by atoms with van der Waals surface area (Å²) in [6.07, 6.45) is 0.482. The normalized spacial score (nSPS) is 23.0. The Bertz CT molecular complexity index is 791. The molecule has 142 valence electrons. The molecule has 7 nitrogen and oxygen atoms in total. The predicted molar refractivity (Wildman–Crippen MR) is 99.0 cm³/mol. The largest absolute Gasteiger partial charge is 0.351 e. The first-order valence-corrected chi connectivity index (χ1v) is 10.8. The van der Waals surface area contributed by atoms with Crippen LogP contribution in [0.3, 0.4) is 0 Å². The Kier molecular flexibility index (Phi) is 5.84. The summed E-state index contributed by atoms with van der Waals surface area (Å²) >= 11 is 5.93. The van der Waals surface area contributed by atoms with E-state index in [0.29, 0.717) is 43.2 Å². The maximum Gasteiger partial charge on any atom is 0.253 e. The number of nitrogens with zero attached hydrogens (tertiary/aromatic N) is 2. The maximum absolute atomic E-state index is 12.5. The van der Waals surface area contributed by atoms with Gasteiger partial charge in [0.05, 0.1) is 18.1 Å². The Morgan fingerprint density at radius 3 is 2.54 bits per heavy atom. The molecule has 1 aromatic rings. The van der Waals surface area contributed by atoms with Gasteiger partial charge in [-0.25, -0.2) is 8.42 Å². The highest BCUT2D eigenvalue weighted by molar-refractivity contribution is 7.91. The van der Waals surface area contributed by atoms with Gasteiger partial charge in [0.1, 0.15) is 0 Å². The van der Waals surface area contributed by atoms with Gasteiger partial charge in [-0.05, 0) is 24.6 Å². The third-order valence-corrected chi connectivity index (χ3v) is 6.70. The summed E-state index contributed by atoms with van der Waals surface area (Å²) in [5.41, 5.74) is 0.561. The summed E-state index contributed by atoms with van der Waals surface area (Å²) in [5.74, 6) is -0.0578. The van der Waals surface area contributed by atoms with Crippen LogP contribution >= 0.6 is 11.6 Å². The van der Waals surface area contributed by atoms with E-state index in [4.69, 9.17) is 11.6 Å². The molecular weight excluding hydrogens is 378 g/mol. The molecule has 0 bridgehead atoms. The SMILES string of the molecule is O=C(CN1CCN(C(=O)c2cccc(Cl)c2)CC1)NC1CCS(=O)(=O)C1. The van der Waals surface area contributed by atoms with Gasteiger partial charge in [-0.1, -0.05) is 17.7 Å². The van der Waals surface area contributed by atoms with Crippen molar-refractivity contribution in [1.82, 2.24) is 15.1 Å². The number of piperazine rings is 1. The lowest BCUT2D eigenvalue weighted by atomic mass is 10.2. The van der Waals surface area contributed by atoms with Gasteiger partial charge >= 0.3 is 0 Å². The molecule has 2 aliphatic heterocycles. The van der Waals surface area contributed by atoms with Crippen molar-refractivity contribution in [3.8, 4) is 0 Å². The Balaban J connectivity index is 1.45. The smallest absolute Gasteiger partial charge is 0.253 e. The van der Waals surface area contributed by atoms with E-state index in [2.05, 4.69) is 5.32 Å². The lowest BCUT2D eigenvalue weighted by molar-refractivity contribution is -0.123. The molecule has 1 aromatic carbocycles. The van der Waals surface area contributed by atoms with Gasteiger partial charge < -0.3 is 10.2 Å². The highest BCUT2D eigenvalue weighted by Gasteiger charge is 2.30. The molecule has 3 rings (SSSR count). The van der Waals surface area contributed by atoms with Gasteiger partial charge in [0.15, 0.2) is 9.84 Å². The molecule has 0 aliphatic carbocycles. The topological polar surface area (TPSA) is 86.8 Å². The average molecular weight is 400 g/mol. The summed E-state index contributed by atoms with van der Waals surface area (Å²) < 4.78 is 22.9. The number of hydrogen-bond donors (Lipinski definition) is 1. The molecule has 0 radical (unpaired) electrons. The standard InChI is InChI=1S/C17H22ClN3O4S/c18-14-3-1-2-13(10-14)17(23)21-7-5-20(6-8-21)11-16(22)19-15-4-9-26(24,25)12-15/h1-3,10,15H,4-9,11-12H2,(H,19,22). The van der Waals surface area contributed by atoms with Crippen molar-refractivity contribution in [2.24, 2.45) is 0 Å². The average Bonchev–Trinajstić information content (AvgIpc) is 2.93. The quantitative estimate of drug-likeness (QED) is 0.792. The summed E-state index contributed by atoms with van der Waals surface area (Å²) in [5, 5.41) is 3.32. The molecule has 2 amide bonds. The fourth-order valence-corrected chi connectivity index (χ4v) is 5.16. The van der Waals surface area contributed by atoms with E-state index in [1.807, 2.05) is 4.90 Å². The number of carbonyl (C=O) groups is 2. The first-order valence-electron chi connectivity index (χ1n) is 8.59. The van der Waals surface area contributed by atoms with Crippen LogP contribution in [0.2, 0.25) is 5.02 Å². The molecule has 9 heteroatoms. The highest BCUT2D eigenvalue weighted by atomic mass is 35.5. The number of halogens is 1. The van der Waals surface area contributed by atoms with Crippen molar-refractivity contribution in [3.05, 3.63) is 34.9 Å². The third-order valence-electron chi connectivity index (χ3n) is 4.70. The Hall–Kier alpha value is -1.64. The molecule has 0 spiro atoms. The van der Waals surface area contributed by atoms with E-state index < -0.39 is 9.84 Å². The van der Waals surface area contributed by atoms with Crippen LogP contribution < -0.4 is 5.32 Å². The van der Waals surface area contributed by atoms with E-state index in [9.17, 15) is 18.0 Å². The minimum atomic E-state index is -3.00. The molecule has 2 aliphatic rings. The van der Waals surface area contributed by atoms with Gasteiger partial charge in [-0.3, -0.25) is 14.5 Å². The van der Waals surface area contributed by atoms with Crippen molar-refractivity contribution in [2.45, 2.75) is 12.5 Å². The van der Waals surface area contributed by atoms with Crippen LogP contribution in [0.5, 0.6) is 0 Å². The van der Waals surface area contributed by atoms with E-state index >= 15 is 0 Å². The Morgan fingerprint density at radius 1 is 1.19 bits per heavy atom. The number of sulfone groups is 1. The van der Waals surface area contributed by atoms with Crippen molar-refractivity contribution in [2.75, 3.05) is 44.2 Å². The minimum absolute atomic E-state index is 0.0284. The molecule has 2 heterocycles. The number of carbonyl (C=O) groups excluding carboxylic acids is 2. The zero-order valence-electron chi connectivity index (χ0n) is 14.4. The zero-order valence-corrected chi connectivity index (χ0v) is 15.9. The van der Waals surface area contributed by atoms with E-state index in [1.54, 1.807) is 29.2 Å². The second kappa shape index (κ2) is 7.94. The van der Waals surface area contributed by atoms with Crippen molar-refractivity contribution in [3.63, 3.8) is 0 Å². The monoisotopic (exact) mass is 399 g/mol. The summed E-state index contributed by atoms with van der Waals surface area (Å²) in [6, 6.07) is 6.59. The molecule has 1 atom stereocenters. The fraction of sp³-hybridized carbons (Fsp3) is 0.529. The lowest BCUT2D eigenvalue weighted by Gasteiger charge is -2.34. The highest BCUT2D eigenvalue weighted by Crippen LogP contribution is 2.14. The number of amides is 2. The lowest BCUT2D eigenvalue weighted by Crippen LogP contribution is -2.52. The van der Waals surface area contributed by atoms with Crippen molar-refractivity contribution in [1.29, 1.82) is 0 Å². The van der Waals surface area contributed by atoms with Gasteiger partial charge in [0.2, 0.25) is 5.91 Å². The molecule has 1 unspecified atom stereocenters. The molecule has 1 N–H and O–H groups in total. The van der Waals surface area contributed by atoms with E-state index in [0.717, 1.165) is 0 Å². The fourth-order valence-electron chi connectivity index (χ4n) is 3.30. The predicted octanol–water partition coefficient (Wildman–Crippen LogP) is 0.401. The van der Waals surface area contributed by atoms with Crippen LogP contribution in [-0.4, -0.2) is 80.3 Å². The number of nitrogens with one attached hydrogen (secondary N) is 1. The zero-order chi connectivity index (χ0) is 18.7. The molecule has 0 saturated carbocycles. The summed E-state index contributed by atoms with van der Waals surface area (Å²) in [6.45, 7) is 2.49. The van der Waals surface area contributed by atoms with Crippen molar-refractivity contribution < 1.29 is 18.0 Å². The van der Waals surface area contributed by atoms with Gasteiger partial charge in [-0.15, -0.1) is 0 Å². The van der Waals surface area contributed by atoms with E-state index in [-0.39, 0.29) is 35.9 Å². The molecule has 2 fully saturated rings. The minimum Gasteiger partial charge on any atom is -0.351 e. The number of rotatable bonds is 4. The van der Waals surface area contributed by atoms with Crippen molar-refractivity contribution >= 4 is 33.3 Å². The van der Waals surface area contributed by atoms with Crippen LogP contribution in [0.15, 0.2) is 24.3 Å². The molecule has 0 aromatic heterocycles. The molecular formula is C17H22ClN3O4S. The van der Waals surface area contributed by atoms with E-state index in [1.165, 1.54) is 0 Å². The second-order valence-corrected chi connectivity index (χ2v) is 9.41. The van der Waals surface area contributed by atoms with Gasteiger partial charge in [0.25, 0.3) is 5.91 Å². The van der Waals surface area contributed by atoms with Crippen LogP contribution in [0, 0.1) is 0 Å². The number of benzene rings is 1. The maximum atomic E-state index is 12.5. The van der Waals surface area contributed by atoms with Crippen LogP contribution in [0.1, 0.15) is 16.8 Å². The Labute approximate surface area is 158 Å². The Morgan fingerprint density at radius 2 is 1.92 bits per heavy atom. The molecule has 26 heavy (non-hydrogen) atoms. The first kappa shape index (κ1) is 19.1. The van der Waals surface area contributed by atoms with Gasteiger partial charge in [0, 0.05) is 42.8 Å². The number of hydrogen-bond acceptors (Lipinski definition) is 5.